The third-order valence-corrected chi connectivity index (χ3v) is 6.75. The molecule has 3 amide bonds. The van der Waals surface area contributed by atoms with Gasteiger partial charge < -0.3 is 15.1 Å². The summed E-state index contributed by atoms with van der Waals surface area (Å²) in [6.45, 7) is 9.26. The van der Waals surface area contributed by atoms with Crippen LogP contribution in [0.25, 0.3) is 10.8 Å². The van der Waals surface area contributed by atoms with E-state index in [0.29, 0.717) is 37.5 Å². The molecule has 0 saturated heterocycles. The average molecular weight is 486 g/mol. The minimum atomic E-state index is -0.594. The fourth-order valence-corrected chi connectivity index (χ4v) is 4.66. The van der Waals surface area contributed by atoms with E-state index in [9.17, 15) is 14.4 Å². The molecule has 1 atom stereocenters. The first kappa shape index (κ1) is 25.4. The lowest BCUT2D eigenvalue weighted by Crippen LogP contribution is -2.48. The number of carbonyl (C=O) groups excluding carboxylic acids is 3. The van der Waals surface area contributed by atoms with E-state index < -0.39 is 6.04 Å². The molecule has 6 nitrogen and oxygen atoms in total. The van der Waals surface area contributed by atoms with Crippen molar-refractivity contribution in [3.8, 4) is 0 Å². The molecule has 36 heavy (non-hydrogen) atoms. The van der Waals surface area contributed by atoms with Gasteiger partial charge in [0.15, 0.2) is 0 Å². The Bertz CT molecular complexity index is 1260. The minimum absolute atomic E-state index is 0.0211. The summed E-state index contributed by atoms with van der Waals surface area (Å²) in [7, 11) is 0. The standard InChI is InChI=1S/C30H35N3O3/c1-20(2)18-31-29(35)22(4)33(19-23-15-13-21(3)14-16-23)27(34)12-7-17-32-26-11-6-9-24-8-5-10-25(28(24)26)30(32)36/h5-6,8-11,13-16,20,22H,7,12,17-19H2,1-4H3,(H,31,35)/t22-/m0/s1. The monoisotopic (exact) mass is 485 g/mol. The first-order valence-corrected chi connectivity index (χ1v) is 12.7. The molecule has 6 heteroatoms. The number of nitrogens with zero attached hydrogens (tertiary/aromatic N) is 2. The van der Waals surface area contributed by atoms with Crippen LogP contribution < -0.4 is 10.2 Å². The van der Waals surface area contributed by atoms with Gasteiger partial charge in [0.2, 0.25) is 11.8 Å². The summed E-state index contributed by atoms with van der Waals surface area (Å²) >= 11 is 0. The van der Waals surface area contributed by atoms with Crippen LogP contribution in [0.2, 0.25) is 0 Å². The van der Waals surface area contributed by atoms with Gasteiger partial charge in [0, 0.05) is 37.0 Å². The maximum absolute atomic E-state index is 13.4. The molecular formula is C30H35N3O3. The largest absolute Gasteiger partial charge is 0.354 e. The first-order valence-electron chi connectivity index (χ1n) is 12.7. The number of nitrogens with one attached hydrogen (secondary N) is 1. The molecule has 0 spiro atoms. The van der Waals surface area contributed by atoms with Crippen LogP contribution in [-0.4, -0.2) is 41.8 Å². The SMILES string of the molecule is Cc1ccc(CN(C(=O)CCCN2C(=O)c3cccc4cccc2c34)[C@@H](C)C(=O)NCC(C)C)cc1. The highest BCUT2D eigenvalue weighted by Gasteiger charge is 2.30. The fourth-order valence-electron chi connectivity index (χ4n) is 4.66. The number of carbonyl (C=O) groups is 3. The van der Waals surface area contributed by atoms with Gasteiger partial charge in [0.1, 0.15) is 6.04 Å². The van der Waals surface area contributed by atoms with Crippen molar-refractivity contribution >= 4 is 34.2 Å². The van der Waals surface area contributed by atoms with Crippen LogP contribution >= 0.6 is 0 Å². The van der Waals surface area contributed by atoms with E-state index in [1.807, 2.05) is 81.4 Å². The van der Waals surface area contributed by atoms with E-state index in [-0.39, 0.29) is 24.1 Å². The molecule has 1 N–H and O–H groups in total. The molecule has 3 aromatic carbocycles. The number of amides is 3. The molecule has 0 unspecified atom stereocenters. The van der Waals surface area contributed by atoms with Crippen molar-refractivity contribution < 1.29 is 14.4 Å². The summed E-state index contributed by atoms with van der Waals surface area (Å²) in [6.07, 6.45) is 0.767. The Balaban J connectivity index is 1.45. The van der Waals surface area contributed by atoms with Crippen molar-refractivity contribution in [3.63, 3.8) is 0 Å². The Kier molecular flexibility index (Phi) is 7.73. The second-order valence-electron chi connectivity index (χ2n) is 10.1. The second-order valence-corrected chi connectivity index (χ2v) is 10.1. The Hall–Kier alpha value is -3.67. The highest BCUT2D eigenvalue weighted by molar-refractivity contribution is 6.25. The van der Waals surface area contributed by atoms with E-state index in [2.05, 4.69) is 5.32 Å². The lowest BCUT2D eigenvalue weighted by atomic mass is 10.1. The van der Waals surface area contributed by atoms with Gasteiger partial charge in [0.25, 0.3) is 5.91 Å². The molecule has 0 fully saturated rings. The van der Waals surface area contributed by atoms with Crippen molar-refractivity contribution in [2.75, 3.05) is 18.0 Å². The van der Waals surface area contributed by atoms with Crippen molar-refractivity contribution in [2.45, 2.75) is 53.1 Å². The zero-order valence-electron chi connectivity index (χ0n) is 21.6. The topological polar surface area (TPSA) is 69.7 Å². The molecule has 1 heterocycles. The first-order chi connectivity index (χ1) is 17.3. The molecule has 0 saturated carbocycles. The summed E-state index contributed by atoms with van der Waals surface area (Å²) in [5.41, 5.74) is 3.74. The normalized spacial score (nSPS) is 13.4. The van der Waals surface area contributed by atoms with Crippen LogP contribution in [0.15, 0.2) is 60.7 Å². The highest BCUT2D eigenvalue weighted by atomic mass is 16.2. The van der Waals surface area contributed by atoms with Crippen molar-refractivity contribution in [2.24, 2.45) is 5.92 Å². The number of hydrogen-bond donors (Lipinski definition) is 1. The average Bonchev–Trinajstić information content (AvgIpc) is 3.14. The molecular weight excluding hydrogens is 450 g/mol. The maximum atomic E-state index is 13.4. The summed E-state index contributed by atoms with van der Waals surface area (Å²) in [5, 5.41) is 4.98. The van der Waals surface area contributed by atoms with Crippen LogP contribution in [0.3, 0.4) is 0 Å². The maximum Gasteiger partial charge on any atom is 0.258 e. The predicted octanol–water partition coefficient (Wildman–Crippen LogP) is 5.08. The third kappa shape index (κ3) is 5.43. The van der Waals surface area contributed by atoms with E-state index >= 15 is 0 Å². The van der Waals surface area contributed by atoms with Gasteiger partial charge in [-0.1, -0.05) is 67.9 Å². The summed E-state index contributed by atoms with van der Waals surface area (Å²) in [5.74, 6) is 0.0623. The quantitative estimate of drug-likeness (QED) is 0.436. The molecule has 0 aliphatic carbocycles. The van der Waals surface area contributed by atoms with Gasteiger partial charge in [-0.25, -0.2) is 0 Å². The third-order valence-electron chi connectivity index (χ3n) is 6.75. The van der Waals surface area contributed by atoms with Crippen molar-refractivity contribution in [3.05, 3.63) is 77.4 Å². The lowest BCUT2D eigenvalue weighted by molar-refractivity contribution is -0.140. The number of rotatable bonds is 10. The van der Waals surface area contributed by atoms with Gasteiger partial charge >= 0.3 is 0 Å². The van der Waals surface area contributed by atoms with Gasteiger partial charge in [-0.05, 0) is 49.3 Å². The zero-order valence-corrected chi connectivity index (χ0v) is 21.6. The van der Waals surface area contributed by atoms with Gasteiger partial charge in [-0.15, -0.1) is 0 Å². The highest BCUT2D eigenvalue weighted by Crippen LogP contribution is 2.37. The van der Waals surface area contributed by atoms with Gasteiger partial charge in [-0.2, -0.15) is 0 Å². The van der Waals surface area contributed by atoms with Crippen LogP contribution in [0, 0.1) is 12.8 Å². The van der Waals surface area contributed by atoms with Crippen LogP contribution in [-0.2, 0) is 16.1 Å². The lowest BCUT2D eigenvalue weighted by Gasteiger charge is -2.29. The van der Waals surface area contributed by atoms with Crippen LogP contribution in [0.1, 0.15) is 55.1 Å². The molecule has 188 valence electrons. The van der Waals surface area contributed by atoms with E-state index in [1.165, 1.54) is 0 Å². The molecule has 1 aliphatic heterocycles. The summed E-state index contributed by atoms with van der Waals surface area (Å²) < 4.78 is 0. The summed E-state index contributed by atoms with van der Waals surface area (Å²) in [4.78, 5) is 42.7. The van der Waals surface area contributed by atoms with Crippen LogP contribution in [0.5, 0.6) is 0 Å². The van der Waals surface area contributed by atoms with E-state index in [1.54, 1.807) is 16.7 Å². The molecule has 0 radical (unpaired) electrons. The van der Waals surface area contributed by atoms with E-state index in [0.717, 1.165) is 27.6 Å². The molecule has 3 aromatic rings. The summed E-state index contributed by atoms with van der Waals surface area (Å²) in [6, 6.07) is 19.1. The number of benzene rings is 3. The minimum Gasteiger partial charge on any atom is -0.354 e. The Morgan fingerprint density at radius 3 is 2.36 bits per heavy atom. The predicted molar refractivity (Wildman–Crippen MR) is 144 cm³/mol. The fraction of sp³-hybridized carbons (Fsp3) is 0.367. The zero-order chi connectivity index (χ0) is 25.8. The van der Waals surface area contributed by atoms with Crippen molar-refractivity contribution in [1.82, 2.24) is 10.2 Å². The van der Waals surface area contributed by atoms with Gasteiger partial charge in [-0.3, -0.25) is 14.4 Å². The Morgan fingerprint density at radius 1 is 0.972 bits per heavy atom. The smallest absolute Gasteiger partial charge is 0.258 e. The molecule has 0 bridgehead atoms. The van der Waals surface area contributed by atoms with E-state index in [4.69, 9.17) is 0 Å². The molecule has 4 rings (SSSR count). The number of aryl methyl sites for hydroxylation is 1. The number of anilines is 1. The molecule has 0 aromatic heterocycles. The molecule has 1 aliphatic rings. The Morgan fingerprint density at radius 2 is 1.67 bits per heavy atom. The van der Waals surface area contributed by atoms with Crippen molar-refractivity contribution in [1.29, 1.82) is 0 Å². The number of hydrogen-bond acceptors (Lipinski definition) is 3. The Labute approximate surface area is 213 Å². The second kappa shape index (κ2) is 10.9. The van der Waals surface area contributed by atoms with Gasteiger partial charge in [0.05, 0.1) is 5.69 Å². The van der Waals surface area contributed by atoms with Crippen LogP contribution in [0.4, 0.5) is 5.69 Å².